The molecular weight excluding hydrogens is 366 g/mol. The molecule has 4 nitrogen and oxygen atoms in total. The molecule has 0 aromatic heterocycles. The standard InChI is InChI=1S/C16H18BrNO3S/c1-2-21-16-9-5-13(6-10-16)11-18-22(19,20)12-14-3-7-15(17)8-4-14/h3-10,18H,2,11-12H2,1H3. The van der Waals surface area contributed by atoms with Crippen LogP contribution in [-0.2, 0) is 22.3 Å². The lowest BCUT2D eigenvalue weighted by Gasteiger charge is -2.08. The largest absolute Gasteiger partial charge is 0.494 e. The molecule has 0 saturated carbocycles. The highest BCUT2D eigenvalue weighted by Gasteiger charge is 2.11. The van der Waals surface area contributed by atoms with E-state index in [1.807, 2.05) is 43.3 Å². The molecule has 2 aromatic carbocycles. The zero-order valence-corrected chi connectivity index (χ0v) is 14.7. The highest BCUT2D eigenvalue weighted by Crippen LogP contribution is 2.14. The number of hydrogen-bond acceptors (Lipinski definition) is 3. The first-order chi connectivity index (χ1) is 10.5. The summed E-state index contributed by atoms with van der Waals surface area (Å²) in [7, 11) is -3.36. The molecule has 0 spiro atoms. The molecule has 0 bridgehead atoms. The fraction of sp³-hybridized carbons (Fsp3) is 0.250. The molecule has 0 aliphatic rings. The Kier molecular flexibility index (Phi) is 5.99. The van der Waals surface area contributed by atoms with Crippen molar-refractivity contribution in [2.24, 2.45) is 0 Å². The van der Waals surface area contributed by atoms with Crippen LogP contribution in [-0.4, -0.2) is 15.0 Å². The number of benzene rings is 2. The first-order valence-electron chi connectivity index (χ1n) is 6.92. The molecule has 0 heterocycles. The molecule has 1 N–H and O–H groups in total. The second-order valence-electron chi connectivity index (χ2n) is 4.78. The van der Waals surface area contributed by atoms with Gasteiger partial charge in [0.15, 0.2) is 0 Å². The third-order valence-corrected chi connectivity index (χ3v) is 4.83. The molecule has 0 unspecified atom stereocenters. The second kappa shape index (κ2) is 7.76. The fourth-order valence-corrected chi connectivity index (χ4v) is 3.30. The van der Waals surface area contributed by atoms with Crippen molar-refractivity contribution >= 4 is 26.0 Å². The Hall–Kier alpha value is -1.37. The summed E-state index contributed by atoms with van der Waals surface area (Å²) in [5.41, 5.74) is 1.64. The van der Waals surface area contributed by atoms with Crippen LogP contribution < -0.4 is 9.46 Å². The monoisotopic (exact) mass is 383 g/mol. The fourth-order valence-electron chi connectivity index (χ4n) is 1.91. The van der Waals surface area contributed by atoms with Crippen molar-refractivity contribution in [1.82, 2.24) is 4.72 Å². The van der Waals surface area contributed by atoms with Gasteiger partial charge < -0.3 is 4.74 Å². The molecule has 2 rings (SSSR count). The summed E-state index contributed by atoms with van der Waals surface area (Å²) in [5, 5.41) is 0. The quantitative estimate of drug-likeness (QED) is 0.796. The second-order valence-corrected chi connectivity index (χ2v) is 7.51. The Morgan fingerprint density at radius 1 is 1.00 bits per heavy atom. The Bertz CT molecular complexity index is 697. The van der Waals surface area contributed by atoms with Gasteiger partial charge in [-0.15, -0.1) is 0 Å². The normalized spacial score (nSPS) is 11.4. The summed E-state index contributed by atoms with van der Waals surface area (Å²) < 4.78 is 33.0. The summed E-state index contributed by atoms with van der Waals surface area (Å²) in [6.45, 7) is 2.80. The molecule has 0 amide bonds. The summed E-state index contributed by atoms with van der Waals surface area (Å²) in [6, 6.07) is 14.6. The lowest BCUT2D eigenvalue weighted by Crippen LogP contribution is -2.24. The smallest absolute Gasteiger partial charge is 0.216 e. The van der Waals surface area contributed by atoms with Crippen LogP contribution in [0.4, 0.5) is 0 Å². The molecular formula is C16H18BrNO3S. The predicted octanol–water partition coefficient (Wildman–Crippen LogP) is 3.47. The van der Waals surface area contributed by atoms with Crippen LogP contribution in [0.3, 0.4) is 0 Å². The average molecular weight is 384 g/mol. The Morgan fingerprint density at radius 2 is 1.59 bits per heavy atom. The number of nitrogens with one attached hydrogen (secondary N) is 1. The van der Waals surface area contributed by atoms with Crippen LogP contribution in [0, 0.1) is 0 Å². The van der Waals surface area contributed by atoms with Crippen molar-refractivity contribution in [1.29, 1.82) is 0 Å². The van der Waals surface area contributed by atoms with Crippen molar-refractivity contribution in [2.45, 2.75) is 19.2 Å². The Morgan fingerprint density at radius 3 is 2.18 bits per heavy atom. The summed E-state index contributed by atoms with van der Waals surface area (Å²) >= 11 is 3.33. The van der Waals surface area contributed by atoms with Crippen molar-refractivity contribution < 1.29 is 13.2 Å². The topological polar surface area (TPSA) is 55.4 Å². The van der Waals surface area contributed by atoms with Gasteiger partial charge in [0, 0.05) is 11.0 Å². The summed E-state index contributed by atoms with van der Waals surface area (Å²) in [6.07, 6.45) is 0. The van der Waals surface area contributed by atoms with Crippen LogP contribution in [0.1, 0.15) is 18.1 Å². The maximum Gasteiger partial charge on any atom is 0.216 e. The number of hydrogen-bond donors (Lipinski definition) is 1. The van der Waals surface area contributed by atoms with E-state index in [1.54, 1.807) is 12.1 Å². The zero-order valence-electron chi connectivity index (χ0n) is 12.3. The van der Waals surface area contributed by atoms with Gasteiger partial charge in [0.25, 0.3) is 0 Å². The van der Waals surface area contributed by atoms with Gasteiger partial charge in [-0.05, 0) is 42.3 Å². The van der Waals surface area contributed by atoms with Gasteiger partial charge in [-0.2, -0.15) is 0 Å². The molecule has 0 radical (unpaired) electrons. The van der Waals surface area contributed by atoms with Gasteiger partial charge in [0.05, 0.1) is 12.4 Å². The van der Waals surface area contributed by atoms with E-state index < -0.39 is 10.0 Å². The third-order valence-electron chi connectivity index (χ3n) is 3.00. The van der Waals surface area contributed by atoms with E-state index in [1.165, 1.54) is 0 Å². The van der Waals surface area contributed by atoms with E-state index in [-0.39, 0.29) is 12.3 Å². The Labute approximate surface area is 139 Å². The number of sulfonamides is 1. The molecule has 0 aliphatic carbocycles. The van der Waals surface area contributed by atoms with E-state index >= 15 is 0 Å². The van der Waals surface area contributed by atoms with Gasteiger partial charge >= 0.3 is 0 Å². The van der Waals surface area contributed by atoms with E-state index in [2.05, 4.69) is 20.7 Å². The summed E-state index contributed by atoms with van der Waals surface area (Å²) in [5.74, 6) is 0.751. The lowest BCUT2D eigenvalue weighted by atomic mass is 10.2. The minimum Gasteiger partial charge on any atom is -0.494 e. The minimum absolute atomic E-state index is 0.0304. The van der Waals surface area contributed by atoms with Crippen molar-refractivity contribution in [2.75, 3.05) is 6.61 Å². The maximum absolute atomic E-state index is 12.1. The molecule has 6 heteroatoms. The van der Waals surface area contributed by atoms with Crippen LogP contribution in [0.15, 0.2) is 53.0 Å². The number of ether oxygens (including phenoxy) is 1. The van der Waals surface area contributed by atoms with Crippen LogP contribution in [0.5, 0.6) is 5.75 Å². The average Bonchev–Trinajstić information content (AvgIpc) is 2.49. The van der Waals surface area contributed by atoms with Gasteiger partial charge in [-0.1, -0.05) is 40.2 Å². The maximum atomic E-state index is 12.1. The van der Waals surface area contributed by atoms with Crippen molar-refractivity contribution in [3.63, 3.8) is 0 Å². The minimum atomic E-state index is -3.36. The molecule has 0 aliphatic heterocycles. The third kappa shape index (κ3) is 5.44. The van der Waals surface area contributed by atoms with Crippen molar-refractivity contribution in [3.8, 4) is 5.75 Å². The van der Waals surface area contributed by atoms with E-state index in [4.69, 9.17) is 4.74 Å². The van der Waals surface area contributed by atoms with Gasteiger partial charge in [0.1, 0.15) is 5.75 Å². The molecule has 0 saturated heterocycles. The Balaban J connectivity index is 1.93. The molecule has 118 valence electrons. The molecule has 2 aromatic rings. The van der Waals surface area contributed by atoms with E-state index in [0.717, 1.165) is 21.3 Å². The number of halogens is 1. The SMILES string of the molecule is CCOc1ccc(CNS(=O)(=O)Cc2ccc(Br)cc2)cc1. The van der Waals surface area contributed by atoms with Crippen molar-refractivity contribution in [3.05, 3.63) is 64.1 Å². The lowest BCUT2D eigenvalue weighted by molar-refractivity contribution is 0.340. The zero-order chi connectivity index (χ0) is 16.0. The van der Waals surface area contributed by atoms with E-state index in [0.29, 0.717) is 6.61 Å². The highest BCUT2D eigenvalue weighted by molar-refractivity contribution is 9.10. The molecule has 0 fully saturated rings. The van der Waals surface area contributed by atoms with Gasteiger partial charge in [-0.25, -0.2) is 13.1 Å². The highest BCUT2D eigenvalue weighted by atomic mass is 79.9. The molecule has 0 atom stereocenters. The molecule has 22 heavy (non-hydrogen) atoms. The first-order valence-corrected chi connectivity index (χ1v) is 9.36. The van der Waals surface area contributed by atoms with Crippen LogP contribution in [0.25, 0.3) is 0 Å². The summed E-state index contributed by atoms with van der Waals surface area (Å²) in [4.78, 5) is 0. The predicted molar refractivity (Wildman–Crippen MR) is 91.2 cm³/mol. The van der Waals surface area contributed by atoms with Gasteiger partial charge in [-0.3, -0.25) is 0 Å². The van der Waals surface area contributed by atoms with Crippen LogP contribution >= 0.6 is 15.9 Å². The number of rotatable bonds is 7. The first kappa shape index (κ1) is 17.0. The van der Waals surface area contributed by atoms with Gasteiger partial charge in [0.2, 0.25) is 10.0 Å². The van der Waals surface area contributed by atoms with Crippen LogP contribution in [0.2, 0.25) is 0 Å². The van der Waals surface area contributed by atoms with E-state index in [9.17, 15) is 8.42 Å².